The van der Waals surface area contributed by atoms with Gasteiger partial charge in [-0.05, 0) is 49.2 Å². The van der Waals surface area contributed by atoms with Crippen LogP contribution in [-0.4, -0.2) is 49.2 Å². The Morgan fingerprint density at radius 3 is 2.41 bits per heavy atom. The number of anilines is 1. The van der Waals surface area contributed by atoms with Gasteiger partial charge in [-0.2, -0.15) is 4.31 Å². The summed E-state index contributed by atoms with van der Waals surface area (Å²) in [6, 6.07) is 11.1. The fourth-order valence-electron chi connectivity index (χ4n) is 3.05. The second-order valence-corrected chi connectivity index (χ2v) is 8.99. The maximum Gasteiger partial charge on any atom is 0.244 e. The summed E-state index contributed by atoms with van der Waals surface area (Å²) in [7, 11) is -3.62. The molecule has 1 aliphatic rings. The molecule has 1 aromatic carbocycles. The molecule has 0 spiro atoms. The van der Waals surface area contributed by atoms with E-state index in [9.17, 15) is 18.0 Å². The van der Waals surface area contributed by atoms with Gasteiger partial charge >= 0.3 is 0 Å². The molecule has 0 saturated carbocycles. The lowest BCUT2D eigenvalue weighted by Gasteiger charge is -2.30. The van der Waals surface area contributed by atoms with E-state index in [1.807, 2.05) is 0 Å². The van der Waals surface area contributed by atoms with E-state index in [1.54, 1.807) is 24.4 Å². The number of carbonyl (C=O) groups is 2. The number of sulfonamides is 1. The van der Waals surface area contributed by atoms with Gasteiger partial charge in [-0.3, -0.25) is 9.59 Å². The molecular weight excluding hydrogens is 416 g/mol. The molecule has 0 aliphatic carbocycles. The highest BCUT2D eigenvalue weighted by Crippen LogP contribution is 2.24. The number of nitrogens with one attached hydrogen (secondary N) is 2. The van der Waals surface area contributed by atoms with Crippen LogP contribution >= 0.6 is 11.6 Å². The summed E-state index contributed by atoms with van der Waals surface area (Å²) in [4.78, 5) is 28.4. The summed E-state index contributed by atoms with van der Waals surface area (Å²) in [6.07, 6.45) is 2.33. The van der Waals surface area contributed by atoms with Crippen LogP contribution in [0.4, 0.5) is 5.82 Å². The number of piperidine rings is 1. The van der Waals surface area contributed by atoms with Crippen molar-refractivity contribution >= 4 is 39.3 Å². The van der Waals surface area contributed by atoms with E-state index < -0.39 is 10.0 Å². The molecule has 0 radical (unpaired) electrons. The lowest BCUT2D eigenvalue weighted by atomic mass is 9.97. The topological polar surface area (TPSA) is 108 Å². The largest absolute Gasteiger partial charge is 0.347 e. The first-order chi connectivity index (χ1) is 13.9. The van der Waals surface area contributed by atoms with Crippen molar-refractivity contribution in [3.63, 3.8) is 0 Å². The van der Waals surface area contributed by atoms with Crippen molar-refractivity contribution in [3.8, 4) is 0 Å². The number of nitrogens with zero attached hydrogens (tertiary/aromatic N) is 2. The first-order valence-corrected chi connectivity index (χ1v) is 10.9. The van der Waals surface area contributed by atoms with Crippen molar-refractivity contribution in [3.05, 3.63) is 53.7 Å². The van der Waals surface area contributed by atoms with E-state index in [1.165, 1.54) is 28.6 Å². The van der Waals surface area contributed by atoms with Crippen LogP contribution in [-0.2, 0) is 19.6 Å². The summed E-state index contributed by atoms with van der Waals surface area (Å²) in [5.74, 6) is -0.564. The SMILES string of the molecule is O=C(CNC(=O)C1CCN(S(=O)(=O)c2ccc(Cl)cc2)CC1)Nc1ccccn1. The number of hydrogen-bond acceptors (Lipinski definition) is 5. The van der Waals surface area contributed by atoms with Crippen molar-refractivity contribution in [1.29, 1.82) is 0 Å². The second-order valence-electron chi connectivity index (χ2n) is 6.61. The van der Waals surface area contributed by atoms with E-state index in [0.717, 1.165) is 0 Å². The zero-order chi connectivity index (χ0) is 20.9. The predicted octanol–water partition coefficient (Wildman–Crippen LogP) is 1.89. The first kappa shape index (κ1) is 21.2. The van der Waals surface area contributed by atoms with Crippen LogP contribution < -0.4 is 10.6 Å². The van der Waals surface area contributed by atoms with Crippen LogP contribution in [0, 0.1) is 5.92 Å². The van der Waals surface area contributed by atoms with E-state index in [-0.39, 0.29) is 42.3 Å². The minimum absolute atomic E-state index is 0.168. The molecule has 3 rings (SSSR count). The Morgan fingerprint density at radius 2 is 1.79 bits per heavy atom. The van der Waals surface area contributed by atoms with E-state index in [0.29, 0.717) is 23.7 Å². The van der Waals surface area contributed by atoms with E-state index >= 15 is 0 Å². The molecule has 154 valence electrons. The van der Waals surface area contributed by atoms with Gasteiger partial charge in [-0.1, -0.05) is 17.7 Å². The molecule has 1 aromatic heterocycles. The zero-order valence-corrected chi connectivity index (χ0v) is 17.1. The van der Waals surface area contributed by atoms with Crippen molar-refractivity contribution in [1.82, 2.24) is 14.6 Å². The van der Waals surface area contributed by atoms with Gasteiger partial charge in [0.1, 0.15) is 5.82 Å². The lowest BCUT2D eigenvalue weighted by molar-refractivity contribution is -0.128. The van der Waals surface area contributed by atoms with Crippen LogP contribution in [0.15, 0.2) is 53.6 Å². The molecule has 2 aromatic rings. The summed E-state index contributed by atoms with van der Waals surface area (Å²) in [5, 5.41) is 5.65. The molecule has 2 heterocycles. The van der Waals surface area contributed by atoms with Crippen molar-refractivity contribution in [2.75, 3.05) is 25.0 Å². The van der Waals surface area contributed by atoms with Crippen molar-refractivity contribution in [2.45, 2.75) is 17.7 Å². The molecule has 2 amide bonds. The Bertz CT molecular complexity index is 959. The third kappa shape index (κ3) is 5.53. The monoisotopic (exact) mass is 436 g/mol. The number of pyridine rings is 1. The number of carbonyl (C=O) groups excluding carboxylic acids is 2. The van der Waals surface area contributed by atoms with Crippen LogP contribution in [0.5, 0.6) is 0 Å². The standard InChI is InChI=1S/C19H21ClN4O4S/c20-15-4-6-16(7-5-15)29(27,28)24-11-8-14(9-12-24)19(26)22-13-18(25)23-17-3-1-2-10-21-17/h1-7,10,14H,8-9,11-13H2,(H,22,26)(H,21,23,25). The van der Waals surface area contributed by atoms with Gasteiger partial charge in [-0.25, -0.2) is 13.4 Å². The Kier molecular flexibility index (Phi) is 6.83. The average molecular weight is 437 g/mol. The molecule has 1 fully saturated rings. The maximum absolute atomic E-state index is 12.7. The minimum Gasteiger partial charge on any atom is -0.347 e. The third-order valence-corrected chi connectivity index (χ3v) is 6.80. The van der Waals surface area contributed by atoms with Crippen molar-refractivity contribution < 1.29 is 18.0 Å². The third-order valence-electron chi connectivity index (χ3n) is 4.63. The number of amides is 2. The van der Waals surface area contributed by atoms with Crippen LogP contribution in [0.2, 0.25) is 5.02 Å². The summed E-state index contributed by atoms with van der Waals surface area (Å²) < 4.78 is 26.7. The fraction of sp³-hybridized carbons (Fsp3) is 0.316. The molecule has 2 N–H and O–H groups in total. The maximum atomic E-state index is 12.7. The van der Waals surface area contributed by atoms with E-state index in [4.69, 9.17) is 11.6 Å². The molecule has 1 saturated heterocycles. The minimum atomic E-state index is -3.62. The molecule has 29 heavy (non-hydrogen) atoms. The van der Waals surface area contributed by atoms with Crippen LogP contribution in [0.1, 0.15) is 12.8 Å². The Morgan fingerprint density at radius 1 is 1.10 bits per heavy atom. The second kappa shape index (κ2) is 9.34. The quantitative estimate of drug-likeness (QED) is 0.718. The highest BCUT2D eigenvalue weighted by atomic mass is 35.5. The molecule has 10 heteroatoms. The normalized spacial score (nSPS) is 15.6. The van der Waals surface area contributed by atoms with Gasteiger partial charge in [0.15, 0.2) is 0 Å². The Hall–Kier alpha value is -2.49. The van der Waals surface area contributed by atoms with Gasteiger partial charge in [-0.15, -0.1) is 0 Å². The summed E-state index contributed by atoms with van der Waals surface area (Å²) in [5.41, 5.74) is 0. The Balaban J connectivity index is 1.48. The molecule has 8 nitrogen and oxygen atoms in total. The number of halogens is 1. The number of hydrogen-bond donors (Lipinski definition) is 2. The van der Waals surface area contributed by atoms with Gasteiger partial charge in [0, 0.05) is 30.2 Å². The number of benzene rings is 1. The van der Waals surface area contributed by atoms with Crippen molar-refractivity contribution in [2.24, 2.45) is 5.92 Å². The lowest BCUT2D eigenvalue weighted by Crippen LogP contribution is -2.44. The average Bonchev–Trinajstić information content (AvgIpc) is 2.73. The molecule has 0 atom stereocenters. The summed E-state index contributed by atoms with van der Waals surface area (Å²) in [6.45, 7) is 0.311. The summed E-state index contributed by atoms with van der Waals surface area (Å²) >= 11 is 5.81. The highest BCUT2D eigenvalue weighted by Gasteiger charge is 2.32. The molecular formula is C19H21ClN4O4S. The molecule has 0 bridgehead atoms. The number of rotatable bonds is 6. The first-order valence-electron chi connectivity index (χ1n) is 9.10. The smallest absolute Gasteiger partial charge is 0.244 e. The van der Waals surface area contributed by atoms with Gasteiger partial charge in [0.2, 0.25) is 21.8 Å². The van der Waals surface area contributed by atoms with Crippen LogP contribution in [0.25, 0.3) is 0 Å². The van der Waals surface area contributed by atoms with E-state index in [2.05, 4.69) is 15.6 Å². The molecule has 0 unspecified atom stereocenters. The molecule has 1 aliphatic heterocycles. The van der Waals surface area contributed by atoms with Gasteiger partial charge in [0.05, 0.1) is 11.4 Å². The van der Waals surface area contributed by atoms with Gasteiger partial charge < -0.3 is 10.6 Å². The number of aromatic nitrogens is 1. The predicted molar refractivity (Wildman–Crippen MR) is 109 cm³/mol. The fourth-order valence-corrected chi connectivity index (χ4v) is 4.65. The highest BCUT2D eigenvalue weighted by molar-refractivity contribution is 7.89. The zero-order valence-electron chi connectivity index (χ0n) is 15.5. The van der Waals surface area contributed by atoms with Gasteiger partial charge in [0.25, 0.3) is 0 Å². The van der Waals surface area contributed by atoms with Crippen LogP contribution in [0.3, 0.4) is 0 Å². The Labute approximate surface area is 174 Å².